The average Bonchev–Trinajstić information content (AvgIpc) is 2.49. The van der Waals surface area contributed by atoms with Gasteiger partial charge in [0.05, 0.1) is 0 Å². The topological polar surface area (TPSA) is 34.1 Å². The molecule has 0 saturated heterocycles. The molecule has 1 heterocycles. The SMILES string of the molecule is CCCNCc1ccc(OCc2ccccc2Cl)nc1C. The highest BCUT2D eigenvalue weighted by Crippen LogP contribution is 2.18. The van der Waals surface area contributed by atoms with Crippen molar-refractivity contribution in [2.75, 3.05) is 6.54 Å². The minimum absolute atomic E-state index is 0.430. The maximum absolute atomic E-state index is 6.11. The highest BCUT2D eigenvalue weighted by molar-refractivity contribution is 6.31. The lowest BCUT2D eigenvalue weighted by Crippen LogP contribution is -2.15. The van der Waals surface area contributed by atoms with Crippen LogP contribution in [-0.4, -0.2) is 11.5 Å². The van der Waals surface area contributed by atoms with E-state index in [1.54, 1.807) is 0 Å². The summed E-state index contributed by atoms with van der Waals surface area (Å²) in [6, 6.07) is 11.7. The number of nitrogens with zero attached hydrogens (tertiary/aromatic N) is 1. The van der Waals surface area contributed by atoms with E-state index >= 15 is 0 Å². The Hall–Kier alpha value is -1.58. The molecule has 0 fully saturated rings. The van der Waals surface area contributed by atoms with Gasteiger partial charge < -0.3 is 10.1 Å². The fraction of sp³-hybridized carbons (Fsp3) is 0.353. The Morgan fingerprint density at radius 2 is 1.95 bits per heavy atom. The van der Waals surface area contributed by atoms with Crippen molar-refractivity contribution < 1.29 is 4.74 Å². The van der Waals surface area contributed by atoms with Crippen LogP contribution in [0.3, 0.4) is 0 Å². The molecule has 0 aliphatic carbocycles. The number of hydrogen-bond donors (Lipinski definition) is 1. The summed E-state index contributed by atoms with van der Waals surface area (Å²) in [5, 5.41) is 4.10. The van der Waals surface area contributed by atoms with Crippen molar-refractivity contribution in [1.82, 2.24) is 10.3 Å². The van der Waals surface area contributed by atoms with E-state index < -0.39 is 0 Å². The van der Waals surface area contributed by atoms with Crippen LogP contribution in [0.25, 0.3) is 0 Å². The molecule has 1 N–H and O–H groups in total. The summed E-state index contributed by atoms with van der Waals surface area (Å²) in [4.78, 5) is 4.49. The Bertz CT molecular complexity index is 587. The van der Waals surface area contributed by atoms with Gasteiger partial charge in [0.1, 0.15) is 6.61 Å². The minimum Gasteiger partial charge on any atom is -0.473 e. The first-order chi connectivity index (χ1) is 10.2. The van der Waals surface area contributed by atoms with Gasteiger partial charge in [0.2, 0.25) is 5.88 Å². The molecule has 0 unspecified atom stereocenters. The fourth-order valence-electron chi connectivity index (χ4n) is 2.00. The quantitative estimate of drug-likeness (QED) is 0.781. The van der Waals surface area contributed by atoms with Gasteiger partial charge >= 0.3 is 0 Å². The number of nitrogens with one attached hydrogen (secondary N) is 1. The first kappa shape index (κ1) is 15.8. The zero-order valence-corrected chi connectivity index (χ0v) is 13.3. The molecular weight excluding hydrogens is 284 g/mol. The molecule has 0 saturated carbocycles. The summed E-state index contributed by atoms with van der Waals surface area (Å²) in [5.74, 6) is 0.631. The molecule has 112 valence electrons. The summed E-state index contributed by atoms with van der Waals surface area (Å²) < 4.78 is 5.72. The number of ether oxygens (including phenoxy) is 1. The van der Waals surface area contributed by atoms with Crippen molar-refractivity contribution in [2.24, 2.45) is 0 Å². The molecule has 2 aromatic rings. The number of aromatic nitrogens is 1. The van der Waals surface area contributed by atoms with Crippen LogP contribution in [0.15, 0.2) is 36.4 Å². The summed E-state index contributed by atoms with van der Waals surface area (Å²) in [7, 11) is 0. The Morgan fingerprint density at radius 1 is 1.14 bits per heavy atom. The fourth-order valence-corrected chi connectivity index (χ4v) is 2.19. The second-order valence-electron chi connectivity index (χ2n) is 4.95. The summed E-state index contributed by atoms with van der Waals surface area (Å²) in [6.45, 7) is 6.45. The average molecular weight is 305 g/mol. The van der Waals surface area contributed by atoms with Gasteiger partial charge in [0.25, 0.3) is 0 Å². The minimum atomic E-state index is 0.430. The van der Waals surface area contributed by atoms with Crippen LogP contribution in [0.5, 0.6) is 5.88 Å². The molecule has 4 heteroatoms. The first-order valence-electron chi connectivity index (χ1n) is 7.24. The maximum Gasteiger partial charge on any atom is 0.213 e. The van der Waals surface area contributed by atoms with Crippen molar-refractivity contribution in [2.45, 2.75) is 33.4 Å². The summed E-state index contributed by atoms with van der Waals surface area (Å²) in [5.41, 5.74) is 3.16. The molecular formula is C17H21ClN2O. The predicted molar refractivity (Wildman–Crippen MR) is 86.8 cm³/mol. The monoisotopic (exact) mass is 304 g/mol. The number of hydrogen-bond acceptors (Lipinski definition) is 3. The van der Waals surface area contributed by atoms with E-state index in [1.807, 2.05) is 37.3 Å². The number of benzene rings is 1. The lowest BCUT2D eigenvalue weighted by molar-refractivity contribution is 0.293. The predicted octanol–water partition coefficient (Wildman–Crippen LogP) is 4.12. The largest absolute Gasteiger partial charge is 0.473 e. The molecule has 0 atom stereocenters. The zero-order valence-electron chi connectivity index (χ0n) is 12.5. The van der Waals surface area contributed by atoms with E-state index in [0.717, 1.165) is 35.8 Å². The van der Waals surface area contributed by atoms with Gasteiger partial charge in [-0.3, -0.25) is 0 Å². The van der Waals surface area contributed by atoms with Gasteiger partial charge in [0, 0.05) is 28.9 Å². The van der Waals surface area contributed by atoms with Crippen molar-refractivity contribution in [3.8, 4) is 5.88 Å². The van der Waals surface area contributed by atoms with Crippen molar-refractivity contribution >= 4 is 11.6 Å². The Kier molecular flexibility index (Phi) is 6.03. The molecule has 1 aromatic heterocycles. The van der Waals surface area contributed by atoms with Crippen LogP contribution in [0.1, 0.15) is 30.2 Å². The summed E-state index contributed by atoms with van der Waals surface area (Å²) in [6.07, 6.45) is 1.13. The van der Waals surface area contributed by atoms with Crippen molar-refractivity contribution in [3.05, 3.63) is 58.2 Å². The van der Waals surface area contributed by atoms with E-state index in [-0.39, 0.29) is 0 Å². The second kappa shape index (κ2) is 8.01. The maximum atomic E-state index is 6.11. The molecule has 21 heavy (non-hydrogen) atoms. The van der Waals surface area contributed by atoms with Crippen LogP contribution < -0.4 is 10.1 Å². The lowest BCUT2D eigenvalue weighted by Gasteiger charge is -2.10. The van der Waals surface area contributed by atoms with Gasteiger partial charge in [-0.2, -0.15) is 0 Å². The number of halogens is 1. The normalized spacial score (nSPS) is 10.6. The first-order valence-corrected chi connectivity index (χ1v) is 7.62. The molecule has 0 aliphatic heterocycles. The van der Waals surface area contributed by atoms with E-state index in [0.29, 0.717) is 12.5 Å². The van der Waals surface area contributed by atoms with Gasteiger partial charge in [-0.25, -0.2) is 4.98 Å². The standard InChI is InChI=1S/C17H21ClN2O/c1-3-10-19-11-14-8-9-17(20-13(14)2)21-12-15-6-4-5-7-16(15)18/h4-9,19H,3,10-12H2,1-2H3. The van der Waals surface area contributed by atoms with Gasteiger partial charge in [-0.05, 0) is 31.5 Å². The van der Waals surface area contributed by atoms with Crippen LogP contribution in [0.4, 0.5) is 0 Å². The molecule has 0 bridgehead atoms. The second-order valence-corrected chi connectivity index (χ2v) is 5.36. The lowest BCUT2D eigenvalue weighted by atomic mass is 10.2. The number of pyridine rings is 1. The molecule has 0 amide bonds. The highest BCUT2D eigenvalue weighted by atomic mass is 35.5. The van der Waals surface area contributed by atoms with Crippen LogP contribution in [0.2, 0.25) is 5.02 Å². The van der Waals surface area contributed by atoms with Crippen LogP contribution >= 0.6 is 11.6 Å². The third-order valence-electron chi connectivity index (χ3n) is 3.25. The van der Waals surface area contributed by atoms with Crippen LogP contribution in [0, 0.1) is 6.92 Å². The Labute approximate surface area is 131 Å². The molecule has 3 nitrogen and oxygen atoms in total. The zero-order chi connectivity index (χ0) is 15.1. The van der Waals surface area contributed by atoms with Crippen molar-refractivity contribution in [1.29, 1.82) is 0 Å². The molecule has 0 aliphatic rings. The molecule has 1 aromatic carbocycles. The molecule has 2 rings (SSSR count). The Morgan fingerprint density at radius 3 is 2.67 bits per heavy atom. The Balaban J connectivity index is 1.95. The summed E-state index contributed by atoms with van der Waals surface area (Å²) >= 11 is 6.11. The van der Waals surface area contributed by atoms with Gasteiger partial charge in [-0.15, -0.1) is 0 Å². The third-order valence-corrected chi connectivity index (χ3v) is 3.61. The highest BCUT2D eigenvalue weighted by Gasteiger charge is 2.04. The van der Waals surface area contributed by atoms with Gasteiger partial charge in [0.15, 0.2) is 0 Å². The third kappa shape index (κ3) is 4.73. The van der Waals surface area contributed by atoms with Gasteiger partial charge in [-0.1, -0.05) is 42.8 Å². The number of rotatable bonds is 7. The van der Waals surface area contributed by atoms with E-state index in [9.17, 15) is 0 Å². The van der Waals surface area contributed by atoms with Crippen LogP contribution in [-0.2, 0) is 13.2 Å². The molecule has 0 spiro atoms. The smallest absolute Gasteiger partial charge is 0.213 e. The van der Waals surface area contributed by atoms with E-state index in [4.69, 9.17) is 16.3 Å². The van der Waals surface area contributed by atoms with Crippen molar-refractivity contribution in [3.63, 3.8) is 0 Å². The van der Waals surface area contributed by atoms with E-state index in [1.165, 1.54) is 5.56 Å². The number of aryl methyl sites for hydroxylation is 1. The molecule has 0 radical (unpaired) electrons. The van der Waals surface area contributed by atoms with E-state index in [2.05, 4.69) is 23.3 Å².